The van der Waals surface area contributed by atoms with Crippen LogP contribution in [0.5, 0.6) is 11.5 Å². The molecule has 0 N–H and O–H groups in total. The van der Waals surface area contributed by atoms with E-state index in [2.05, 4.69) is 10.3 Å². The minimum Gasteiger partial charge on any atom is -0.450 e. The predicted molar refractivity (Wildman–Crippen MR) is 114 cm³/mol. The van der Waals surface area contributed by atoms with Crippen LogP contribution >= 0.6 is 11.6 Å². The highest BCUT2D eigenvalue weighted by Gasteiger charge is 2.17. The molecule has 0 aliphatic heterocycles. The van der Waals surface area contributed by atoms with Crippen molar-refractivity contribution in [2.75, 3.05) is 0 Å². The molecular formula is C21H13ClN4O6. The number of aromatic nitrogens is 3. The van der Waals surface area contributed by atoms with Crippen molar-refractivity contribution >= 4 is 34.2 Å². The van der Waals surface area contributed by atoms with Crippen molar-refractivity contribution in [3.63, 3.8) is 0 Å². The molecule has 4 rings (SSSR count). The molecule has 32 heavy (non-hydrogen) atoms. The molecule has 0 unspecified atom stereocenters. The fraction of sp³-hybridized carbons (Fsp3) is 0.0476. The number of esters is 1. The van der Waals surface area contributed by atoms with Crippen molar-refractivity contribution < 1.29 is 19.2 Å². The fourth-order valence-corrected chi connectivity index (χ4v) is 2.98. The number of nitro groups is 1. The number of fused-ring (bicyclic) bond motifs is 1. The van der Waals surface area contributed by atoms with E-state index in [1.54, 1.807) is 24.3 Å². The Morgan fingerprint density at radius 3 is 2.59 bits per heavy atom. The van der Waals surface area contributed by atoms with Crippen LogP contribution in [0.15, 0.2) is 71.5 Å². The van der Waals surface area contributed by atoms with Crippen LogP contribution in [0.1, 0.15) is 10.4 Å². The SMILES string of the molecule is O=C(OCn1nnc2ccccc2c1=O)c1ccc(Oc2ccc(Cl)cc2[N+](=O)[O-])cc1. The molecule has 0 aliphatic carbocycles. The van der Waals surface area contributed by atoms with Crippen LogP contribution in [0.2, 0.25) is 5.02 Å². The number of nitro benzene ring substituents is 1. The van der Waals surface area contributed by atoms with E-state index in [-0.39, 0.29) is 27.8 Å². The summed E-state index contributed by atoms with van der Waals surface area (Å²) in [5.41, 5.74) is -0.0963. The van der Waals surface area contributed by atoms with Crippen molar-refractivity contribution in [1.82, 2.24) is 15.0 Å². The van der Waals surface area contributed by atoms with Crippen molar-refractivity contribution in [3.8, 4) is 11.5 Å². The average Bonchev–Trinajstić information content (AvgIpc) is 2.80. The molecule has 0 atom stereocenters. The second-order valence-electron chi connectivity index (χ2n) is 6.47. The Hall–Kier alpha value is -4.31. The van der Waals surface area contributed by atoms with Crippen molar-refractivity contribution in [3.05, 3.63) is 97.8 Å². The molecule has 1 heterocycles. The Labute approximate surface area is 184 Å². The van der Waals surface area contributed by atoms with E-state index in [4.69, 9.17) is 21.1 Å². The van der Waals surface area contributed by atoms with Gasteiger partial charge in [0.15, 0.2) is 6.73 Å². The molecule has 0 spiro atoms. The first-order chi connectivity index (χ1) is 15.4. The fourth-order valence-electron chi connectivity index (χ4n) is 2.82. The van der Waals surface area contributed by atoms with Crippen molar-refractivity contribution in [1.29, 1.82) is 0 Å². The van der Waals surface area contributed by atoms with Crippen molar-refractivity contribution in [2.45, 2.75) is 6.73 Å². The summed E-state index contributed by atoms with van der Waals surface area (Å²) in [6.07, 6.45) is 0. The normalized spacial score (nSPS) is 10.7. The minimum atomic E-state index is -0.698. The number of nitrogens with zero attached hydrogens (tertiary/aromatic N) is 4. The number of hydrogen-bond acceptors (Lipinski definition) is 8. The third-order valence-corrected chi connectivity index (χ3v) is 4.62. The number of carbonyl (C=O) groups excluding carboxylic acids is 1. The van der Waals surface area contributed by atoms with Gasteiger partial charge in [0.25, 0.3) is 5.56 Å². The second kappa shape index (κ2) is 8.82. The lowest BCUT2D eigenvalue weighted by atomic mass is 10.2. The van der Waals surface area contributed by atoms with Gasteiger partial charge in [0.2, 0.25) is 5.75 Å². The summed E-state index contributed by atoms with van der Waals surface area (Å²) in [7, 11) is 0. The van der Waals surface area contributed by atoms with Crippen LogP contribution in [-0.2, 0) is 11.5 Å². The zero-order valence-corrected chi connectivity index (χ0v) is 16.9. The first-order valence-corrected chi connectivity index (χ1v) is 9.52. The van der Waals surface area contributed by atoms with E-state index in [1.807, 2.05) is 0 Å². The molecular weight excluding hydrogens is 440 g/mol. The van der Waals surface area contributed by atoms with E-state index < -0.39 is 23.2 Å². The molecule has 0 radical (unpaired) electrons. The maximum atomic E-state index is 12.4. The van der Waals surface area contributed by atoms with Crippen LogP contribution in [0.4, 0.5) is 5.69 Å². The number of benzene rings is 3. The van der Waals surface area contributed by atoms with Gasteiger partial charge in [0.1, 0.15) is 11.3 Å². The molecule has 3 aromatic carbocycles. The van der Waals surface area contributed by atoms with Crippen LogP contribution in [0, 0.1) is 10.1 Å². The monoisotopic (exact) mass is 452 g/mol. The first-order valence-electron chi connectivity index (χ1n) is 9.14. The van der Waals surface area contributed by atoms with E-state index in [9.17, 15) is 19.7 Å². The summed E-state index contributed by atoms with van der Waals surface area (Å²) in [5.74, 6) is -0.427. The first kappa shape index (κ1) is 20.9. The van der Waals surface area contributed by atoms with E-state index in [1.165, 1.54) is 42.5 Å². The molecule has 0 aliphatic rings. The van der Waals surface area contributed by atoms with Gasteiger partial charge in [-0.05, 0) is 48.5 Å². The second-order valence-corrected chi connectivity index (χ2v) is 6.90. The summed E-state index contributed by atoms with van der Waals surface area (Å²) in [4.78, 5) is 35.3. The van der Waals surface area contributed by atoms with Gasteiger partial charge < -0.3 is 9.47 Å². The highest BCUT2D eigenvalue weighted by Crippen LogP contribution is 2.33. The van der Waals surface area contributed by atoms with Crippen molar-refractivity contribution in [2.24, 2.45) is 0 Å². The number of carbonyl (C=O) groups is 1. The lowest BCUT2D eigenvalue weighted by molar-refractivity contribution is -0.385. The van der Waals surface area contributed by atoms with Gasteiger partial charge in [0, 0.05) is 11.1 Å². The maximum Gasteiger partial charge on any atom is 0.339 e. The Balaban J connectivity index is 1.45. The smallest absolute Gasteiger partial charge is 0.339 e. The maximum absolute atomic E-state index is 12.4. The summed E-state index contributed by atoms with van der Waals surface area (Å²) in [5, 5.41) is 19.4. The zero-order valence-electron chi connectivity index (χ0n) is 16.2. The summed E-state index contributed by atoms with van der Waals surface area (Å²) >= 11 is 5.79. The van der Waals surface area contributed by atoms with Gasteiger partial charge in [-0.1, -0.05) is 28.9 Å². The van der Waals surface area contributed by atoms with Gasteiger partial charge in [-0.15, -0.1) is 5.10 Å². The molecule has 0 fully saturated rings. The van der Waals surface area contributed by atoms with E-state index >= 15 is 0 Å². The van der Waals surface area contributed by atoms with Crippen LogP contribution in [-0.4, -0.2) is 25.9 Å². The Morgan fingerprint density at radius 1 is 1.09 bits per heavy atom. The molecule has 0 saturated carbocycles. The van der Waals surface area contributed by atoms with Gasteiger partial charge in [-0.2, -0.15) is 4.68 Å². The quantitative estimate of drug-likeness (QED) is 0.244. The van der Waals surface area contributed by atoms with Crippen LogP contribution < -0.4 is 10.3 Å². The van der Waals surface area contributed by atoms with Gasteiger partial charge in [0.05, 0.1) is 15.9 Å². The summed E-state index contributed by atoms with van der Waals surface area (Å²) in [6, 6.07) is 16.5. The average molecular weight is 453 g/mol. The number of rotatable bonds is 6. The van der Waals surface area contributed by atoms with Gasteiger partial charge in [-0.3, -0.25) is 14.9 Å². The Morgan fingerprint density at radius 2 is 1.84 bits per heavy atom. The number of ether oxygens (including phenoxy) is 2. The highest BCUT2D eigenvalue weighted by atomic mass is 35.5. The molecule has 4 aromatic rings. The summed E-state index contributed by atoms with van der Waals surface area (Å²) in [6.45, 7) is -0.412. The topological polar surface area (TPSA) is 126 Å². The zero-order chi connectivity index (χ0) is 22.7. The molecule has 1 aromatic heterocycles. The molecule has 160 valence electrons. The third-order valence-electron chi connectivity index (χ3n) is 4.38. The molecule has 11 heteroatoms. The Kier molecular flexibility index (Phi) is 5.77. The van der Waals surface area contributed by atoms with E-state index in [0.717, 1.165) is 4.68 Å². The van der Waals surface area contributed by atoms with Crippen LogP contribution in [0.3, 0.4) is 0 Å². The van der Waals surface area contributed by atoms with E-state index in [0.29, 0.717) is 10.9 Å². The van der Waals surface area contributed by atoms with Gasteiger partial charge >= 0.3 is 11.7 Å². The molecule has 0 amide bonds. The lowest BCUT2D eigenvalue weighted by Crippen LogP contribution is -2.26. The highest BCUT2D eigenvalue weighted by molar-refractivity contribution is 6.30. The Bertz CT molecular complexity index is 1390. The standard InChI is InChI=1S/C21H13ClN4O6/c22-14-7-10-19(18(11-14)26(29)30)32-15-8-5-13(6-9-15)21(28)31-12-25-20(27)16-3-1-2-4-17(16)23-24-25/h1-11H,12H2. The predicted octanol–water partition coefficient (Wildman–Crippen LogP) is 3.96. The molecule has 0 bridgehead atoms. The largest absolute Gasteiger partial charge is 0.450 e. The minimum absolute atomic E-state index is 0.00369. The van der Waals surface area contributed by atoms with Gasteiger partial charge in [-0.25, -0.2) is 4.79 Å². The number of halogens is 1. The third kappa shape index (κ3) is 4.40. The molecule has 10 nitrogen and oxygen atoms in total. The summed E-state index contributed by atoms with van der Waals surface area (Å²) < 4.78 is 11.6. The molecule has 0 saturated heterocycles. The van der Waals surface area contributed by atoms with Crippen LogP contribution in [0.25, 0.3) is 10.9 Å². The number of hydrogen-bond donors (Lipinski definition) is 0. The lowest BCUT2D eigenvalue weighted by Gasteiger charge is -2.08.